The summed E-state index contributed by atoms with van der Waals surface area (Å²) in [6.07, 6.45) is 2.10. The number of rotatable bonds is 4. The molecule has 2 aromatic carbocycles. The molecule has 0 spiro atoms. The number of hydrogen-bond acceptors (Lipinski definition) is 2. The quantitative estimate of drug-likeness (QED) is 0.693. The summed E-state index contributed by atoms with van der Waals surface area (Å²) in [5, 5.41) is 1.75. The lowest BCUT2D eigenvalue weighted by molar-refractivity contribution is -0.131. The summed E-state index contributed by atoms with van der Waals surface area (Å²) in [5.41, 5.74) is 2.90. The van der Waals surface area contributed by atoms with E-state index < -0.39 is 0 Å². The van der Waals surface area contributed by atoms with E-state index in [0.29, 0.717) is 11.4 Å². The van der Waals surface area contributed by atoms with Gasteiger partial charge in [-0.25, -0.2) is 0 Å². The Morgan fingerprint density at radius 2 is 1.83 bits per heavy atom. The highest BCUT2D eigenvalue weighted by Gasteiger charge is 2.18. The zero-order chi connectivity index (χ0) is 17.1. The molecule has 24 heavy (non-hydrogen) atoms. The number of benzene rings is 2. The fraction of sp³-hybridized carbons (Fsp3) is 0.200. The fourth-order valence-electron chi connectivity index (χ4n) is 2.78. The first-order valence-electron chi connectivity index (χ1n) is 7.90. The van der Waals surface area contributed by atoms with Crippen molar-refractivity contribution in [2.75, 3.05) is 7.05 Å². The smallest absolute Gasteiger partial charge is 0.227 e. The van der Waals surface area contributed by atoms with E-state index in [0.717, 1.165) is 22.0 Å². The van der Waals surface area contributed by atoms with E-state index >= 15 is 0 Å². The maximum atomic E-state index is 12.7. The van der Waals surface area contributed by atoms with Gasteiger partial charge in [0.2, 0.25) is 5.91 Å². The summed E-state index contributed by atoms with van der Waals surface area (Å²) in [4.78, 5) is 18.9. The Morgan fingerprint density at radius 1 is 1.12 bits per heavy atom. The number of likely N-dealkylation sites (N-methyl/N-ethyl adjacent to an activating group) is 1. The molecule has 0 N–H and O–H groups in total. The van der Waals surface area contributed by atoms with Gasteiger partial charge in [-0.15, -0.1) is 0 Å². The average molecular weight is 339 g/mol. The van der Waals surface area contributed by atoms with Crippen molar-refractivity contribution in [3.8, 4) is 0 Å². The van der Waals surface area contributed by atoms with Gasteiger partial charge >= 0.3 is 0 Å². The molecule has 1 amide bonds. The summed E-state index contributed by atoms with van der Waals surface area (Å²) in [6, 6.07) is 17.4. The van der Waals surface area contributed by atoms with Crippen LogP contribution < -0.4 is 0 Å². The number of para-hydroxylation sites is 1. The van der Waals surface area contributed by atoms with Crippen LogP contribution in [-0.2, 0) is 11.2 Å². The first-order chi connectivity index (χ1) is 11.6. The molecule has 4 heteroatoms. The van der Waals surface area contributed by atoms with Gasteiger partial charge in [-0.1, -0.05) is 48.0 Å². The van der Waals surface area contributed by atoms with Gasteiger partial charge in [-0.2, -0.15) is 0 Å². The molecule has 0 fully saturated rings. The number of fused-ring (bicyclic) bond motifs is 1. The van der Waals surface area contributed by atoms with Crippen molar-refractivity contribution in [1.82, 2.24) is 9.88 Å². The third-order valence-corrected chi connectivity index (χ3v) is 4.64. The maximum absolute atomic E-state index is 12.7. The Kier molecular flexibility index (Phi) is 4.81. The minimum Gasteiger partial charge on any atom is -0.339 e. The van der Waals surface area contributed by atoms with Crippen molar-refractivity contribution in [3.63, 3.8) is 0 Å². The number of amides is 1. The number of nitrogens with zero attached hydrogens (tertiary/aromatic N) is 2. The molecule has 3 aromatic rings. The molecule has 0 aliphatic carbocycles. The molecule has 0 unspecified atom stereocenters. The third-order valence-electron chi connectivity index (χ3n) is 4.38. The van der Waals surface area contributed by atoms with E-state index in [1.54, 1.807) is 11.1 Å². The predicted octanol–water partition coefficient (Wildman–Crippen LogP) is 4.65. The minimum absolute atomic E-state index is 0.0160. The van der Waals surface area contributed by atoms with Crippen LogP contribution in [0.3, 0.4) is 0 Å². The average Bonchev–Trinajstić information content (AvgIpc) is 2.61. The molecule has 1 heterocycles. The van der Waals surface area contributed by atoms with Crippen LogP contribution in [0.5, 0.6) is 0 Å². The standard InChI is InChI=1S/C20H19ClN2O/c1-14(15-8-10-18(21)11-9-15)23(2)19(24)13-17-6-3-5-16-7-4-12-22-20(16)17/h3-12,14H,13H2,1-2H3/t14-/m0/s1. The number of aromatic nitrogens is 1. The number of carbonyl (C=O) groups excluding carboxylic acids is 1. The number of pyridine rings is 1. The summed E-state index contributed by atoms with van der Waals surface area (Å²) < 4.78 is 0. The molecule has 0 saturated heterocycles. The number of carbonyl (C=O) groups is 1. The second kappa shape index (κ2) is 7.02. The van der Waals surface area contributed by atoms with Gasteiger partial charge in [-0.05, 0) is 36.2 Å². The molecule has 1 atom stereocenters. The maximum Gasteiger partial charge on any atom is 0.227 e. The van der Waals surface area contributed by atoms with Gasteiger partial charge in [0.1, 0.15) is 0 Å². The van der Waals surface area contributed by atoms with Crippen LogP contribution in [0.4, 0.5) is 0 Å². The molecule has 0 saturated carbocycles. The third kappa shape index (κ3) is 3.41. The van der Waals surface area contributed by atoms with E-state index in [9.17, 15) is 4.79 Å². The predicted molar refractivity (Wildman–Crippen MR) is 98.1 cm³/mol. The van der Waals surface area contributed by atoms with Crippen LogP contribution >= 0.6 is 11.6 Å². The van der Waals surface area contributed by atoms with Gasteiger partial charge in [0, 0.05) is 23.7 Å². The Hall–Kier alpha value is -2.39. The fourth-order valence-corrected chi connectivity index (χ4v) is 2.90. The van der Waals surface area contributed by atoms with Gasteiger partial charge in [-0.3, -0.25) is 9.78 Å². The lowest BCUT2D eigenvalue weighted by Crippen LogP contribution is -2.31. The molecular formula is C20H19ClN2O. The molecular weight excluding hydrogens is 320 g/mol. The van der Waals surface area contributed by atoms with Crippen molar-refractivity contribution in [2.24, 2.45) is 0 Å². The highest BCUT2D eigenvalue weighted by molar-refractivity contribution is 6.30. The van der Waals surface area contributed by atoms with Crippen molar-refractivity contribution >= 4 is 28.4 Å². The molecule has 0 aliphatic rings. The zero-order valence-electron chi connectivity index (χ0n) is 13.7. The first kappa shape index (κ1) is 16.5. The highest BCUT2D eigenvalue weighted by atomic mass is 35.5. The molecule has 3 nitrogen and oxygen atoms in total. The number of halogens is 1. The molecule has 122 valence electrons. The van der Waals surface area contributed by atoms with Crippen molar-refractivity contribution in [1.29, 1.82) is 0 Å². The van der Waals surface area contributed by atoms with Crippen LogP contribution in [0.1, 0.15) is 24.1 Å². The van der Waals surface area contributed by atoms with Crippen LogP contribution in [0, 0.1) is 0 Å². The topological polar surface area (TPSA) is 33.2 Å². The Labute approximate surface area is 146 Å². The molecule has 0 radical (unpaired) electrons. The summed E-state index contributed by atoms with van der Waals surface area (Å²) in [6.45, 7) is 2.02. The van der Waals surface area contributed by atoms with Gasteiger partial charge < -0.3 is 4.90 Å². The summed E-state index contributed by atoms with van der Waals surface area (Å²) in [7, 11) is 1.83. The van der Waals surface area contributed by atoms with E-state index in [1.165, 1.54) is 0 Å². The van der Waals surface area contributed by atoms with Crippen molar-refractivity contribution in [2.45, 2.75) is 19.4 Å². The monoisotopic (exact) mass is 338 g/mol. The second-order valence-electron chi connectivity index (χ2n) is 5.90. The van der Waals surface area contributed by atoms with Crippen LogP contribution in [-0.4, -0.2) is 22.8 Å². The lowest BCUT2D eigenvalue weighted by atomic mass is 10.0. The van der Waals surface area contributed by atoms with E-state index in [4.69, 9.17) is 11.6 Å². The molecule has 0 aliphatic heterocycles. The van der Waals surface area contributed by atoms with E-state index in [1.807, 2.05) is 68.6 Å². The van der Waals surface area contributed by atoms with Crippen LogP contribution in [0.25, 0.3) is 10.9 Å². The Bertz CT molecular complexity index is 856. The van der Waals surface area contributed by atoms with Crippen molar-refractivity contribution < 1.29 is 4.79 Å². The Balaban J connectivity index is 1.79. The summed E-state index contributed by atoms with van der Waals surface area (Å²) in [5.74, 6) is 0.0654. The first-order valence-corrected chi connectivity index (χ1v) is 8.28. The minimum atomic E-state index is -0.0160. The Morgan fingerprint density at radius 3 is 2.58 bits per heavy atom. The largest absolute Gasteiger partial charge is 0.339 e. The van der Waals surface area contributed by atoms with Crippen LogP contribution in [0.15, 0.2) is 60.8 Å². The molecule has 3 rings (SSSR count). The molecule has 1 aromatic heterocycles. The number of hydrogen-bond donors (Lipinski definition) is 0. The normalized spacial score (nSPS) is 12.1. The van der Waals surface area contributed by atoms with Gasteiger partial charge in [0.25, 0.3) is 0 Å². The highest BCUT2D eigenvalue weighted by Crippen LogP contribution is 2.23. The van der Waals surface area contributed by atoms with Crippen LogP contribution in [0.2, 0.25) is 5.02 Å². The van der Waals surface area contributed by atoms with E-state index in [2.05, 4.69) is 4.98 Å². The van der Waals surface area contributed by atoms with Gasteiger partial charge in [0.05, 0.1) is 18.0 Å². The van der Waals surface area contributed by atoms with Crippen molar-refractivity contribution in [3.05, 3.63) is 76.9 Å². The van der Waals surface area contributed by atoms with E-state index in [-0.39, 0.29) is 11.9 Å². The zero-order valence-corrected chi connectivity index (χ0v) is 14.5. The summed E-state index contributed by atoms with van der Waals surface area (Å²) >= 11 is 5.93. The lowest BCUT2D eigenvalue weighted by Gasteiger charge is -2.25. The molecule has 0 bridgehead atoms. The second-order valence-corrected chi connectivity index (χ2v) is 6.34. The SMILES string of the molecule is C[C@@H](c1ccc(Cl)cc1)N(C)C(=O)Cc1cccc2cccnc12. The van der Waals surface area contributed by atoms with Gasteiger partial charge in [0.15, 0.2) is 0 Å².